The molecule has 0 heterocycles. The molecule has 34 heavy (non-hydrogen) atoms. The van der Waals surface area contributed by atoms with Crippen molar-refractivity contribution in [1.82, 2.24) is 0 Å². The lowest BCUT2D eigenvalue weighted by molar-refractivity contribution is -0.138. The number of aliphatic hydroxyl groups excluding tert-OH is 1. The van der Waals surface area contributed by atoms with Crippen molar-refractivity contribution < 1.29 is 36.2 Å². The standard InChI is InChI=1S/C13H15F3O.C13H13F3O/c2*14-13(15,16)10-7-5-9(6-8-10)11-3-1-2-4-12(11)17/h5-8,11-12,17H,1-4H2;5-8,11H,1-4H2. The number of hydrogen-bond acceptors (Lipinski definition) is 2. The van der Waals surface area contributed by atoms with E-state index in [9.17, 15) is 36.2 Å². The highest BCUT2D eigenvalue weighted by Crippen LogP contribution is 2.36. The summed E-state index contributed by atoms with van der Waals surface area (Å²) in [6.45, 7) is 0. The Morgan fingerprint density at radius 2 is 1.12 bits per heavy atom. The molecule has 2 saturated carbocycles. The SMILES string of the molecule is O=C1CCCCC1c1ccc(C(F)(F)F)cc1.OC1CCCCC1c1ccc(C(F)(F)F)cc1. The summed E-state index contributed by atoms with van der Waals surface area (Å²) in [5.41, 5.74) is 0.226. The number of aliphatic hydroxyl groups is 1. The van der Waals surface area contributed by atoms with Crippen molar-refractivity contribution in [3.63, 3.8) is 0 Å². The van der Waals surface area contributed by atoms with Crippen LogP contribution in [0.15, 0.2) is 48.5 Å². The van der Waals surface area contributed by atoms with Gasteiger partial charge in [-0.25, -0.2) is 0 Å². The van der Waals surface area contributed by atoms with Crippen LogP contribution in [-0.4, -0.2) is 17.0 Å². The van der Waals surface area contributed by atoms with Gasteiger partial charge in [0, 0.05) is 18.3 Å². The predicted octanol–water partition coefficient (Wildman–Crippen LogP) is 7.66. The normalized spacial score (nSPS) is 23.7. The lowest BCUT2D eigenvalue weighted by Crippen LogP contribution is -2.22. The zero-order valence-electron chi connectivity index (χ0n) is 18.6. The Morgan fingerprint density at radius 3 is 1.59 bits per heavy atom. The molecule has 0 amide bonds. The molecule has 1 N–H and O–H groups in total. The molecule has 2 aliphatic carbocycles. The van der Waals surface area contributed by atoms with Gasteiger partial charge in [-0.05, 0) is 61.1 Å². The van der Waals surface area contributed by atoms with Gasteiger partial charge in [-0.1, -0.05) is 43.5 Å². The van der Waals surface area contributed by atoms with E-state index in [-0.39, 0.29) is 17.6 Å². The van der Waals surface area contributed by atoms with Crippen molar-refractivity contribution in [2.24, 2.45) is 0 Å². The Labute approximate surface area is 195 Å². The van der Waals surface area contributed by atoms with Crippen LogP contribution >= 0.6 is 0 Å². The summed E-state index contributed by atoms with van der Waals surface area (Å²) < 4.78 is 74.3. The number of ketones is 1. The molecule has 0 bridgehead atoms. The van der Waals surface area contributed by atoms with E-state index in [1.54, 1.807) is 0 Å². The highest BCUT2D eigenvalue weighted by molar-refractivity contribution is 5.86. The third-order valence-corrected chi connectivity index (χ3v) is 6.59. The molecule has 2 fully saturated rings. The first-order chi connectivity index (χ1) is 16.0. The van der Waals surface area contributed by atoms with E-state index in [0.29, 0.717) is 12.0 Å². The summed E-state index contributed by atoms with van der Waals surface area (Å²) in [4.78, 5) is 11.7. The lowest BCUT2D eigenvalue weighted by atomic mass is 9.81. The van der Waals surface area contributed by atoms with Crippen LogP contribution in [0.25, 0.3) is 0 Å². The van der Waals surface area contributed by atoms with Crippen molar-refractivity contribution in [1.29, 1.82) is 0 Å². The number of Topliss-reactive ketones (excluding diaryl/α,β-unsaturated/α-hetero) is 1. The molecule has 186 valence electrons. The van der Waals surface area contributed by atoms with Gasteiger partial charge < -0.3 is 5.11 Å². The summed E-state index contributed by atoms with van der Waals surface area (Å²) in [6, 6.07) is 10.1. The Bertz CT molecular complexity index is 932. The van der Waals surface area contributed by atoms with E-state index in [4.69, 9.17) is 0 Å². The molecule has 3 atom stereocenters. The smallest absolute Gasteiger partial charge is 0.392 e. The highest BCUT2D eigenvalue weighted by Gasteiger charge is 2.32. The molecule has 8 heteroatoms. The van der Waals surface area contributed by atoms with Crippen molar-refractivity contribution in [2.75, 3.05) is 0 Å². The van der Waals surface area contributed by atoms with E-state index in [0.717, 1.165) is 74.8 Å². The van der Waals surface area contributed by atoms with Crippen molar-refractivity contribution in [3.05, 3.63) is 70.8 Å². The zero-order chi connectivity index (χ0) is 24.9. The third kappa shape index (κ3) is 6.84. The minimum Gasteiger partial charge on any atom is -0.392 e. The summed E-state index contributed by atoms with van der Waals surface area (Å²) in [6.07, 6.45) is -2.22. The van der Waals surface area contributed by atoms with Crippen LogP contribution in [0.4, 0.5) is 26.3 Å². The second-order valence-electron chi connectivity index (χ2n) is 8.96. The molecule has 3 unspecified atom stereocenters. The third-order valence-electron chi connectivity index (χ3n) is 6.59. The molecular formula is C26H28F6O2. The quantitative estimate of drug-likeness (QED) is 0.443. The number of carbonyl (C=O) groups is 1. The second-order valence-corrected chi connectivity index (χ2v) is 8.96. The van der Waals surface area contributed by atoms with E-state index < -0.39 is 29.6 Å². The van der Waals surface area contributed by atoms with Crippen molar-refractivity contribution in [3.8, 4) is 0 Å². The fraction of sp³-hybridized carbons (Fsp3) is 0.500. The van der Waals surface area contributed by atoms with Gasteiger partial charge in [0.15, 0.2) is 0 Å². The van der Waals surface area contributed by atoms with Gasteiger partial charge in [0.1, 0.15) is 5.78 Å². The fourth-order valence-electron chi connectivity index (χ4n) is 4.66. The first-order valence-electron chi connectivity index (χ1n) is 11.5. The molecule has 0 spiro atoms. The number of rotatable bonds is 2. The molecule has 2 aromatic rings. The van der Waals surface area contributed by atoms with Crippen molar-refractivity contribution >= 4 is 5.78 Å². The minimum absolute atomic E-state index is 0.00830. The van der Waals surface area contributed by atoms with E-state index in [1.165, 1.54) is 24.3 Å². The predicted molar refractivity (Wildman–Crippen MR) is 116 cm³/mol. The first kappa shape index (κ1) is 26.3. The van der Waals surface area contributed by atoms with Crippen molar-refractivity contribution in [2.45, 2.75) is 81.7 Å². The van der Waals surface area contributed by atoms with E-state index in [2.05, 4.69) is 0 Å². The Morgan fingerprint density at radius 1 is 0.647 bits per heavy atom. The van der Waals surface area contributed by atoms with Gasteiger partial charge in [-0.3, -0.25) is 4.79 Å². The first-order valence-corrected chi connectivity index (χ1v) is 11.5. The maximum absolute atomic E-state index is 12.4. The van der Waals surface area contributed by atoms with Gasteiger partial charge in [0.05, 0.1) is 17.2 Å². The molecule has 0 saturated heterocycles. The van der Waals surface area contributed by atoms with Crippen LogP contribution in [0.1, 0.15) is 85.5 Å². The Kier molecular flexibility index (Phi) is 8.44. The summed E-state index contributed by atoms with van der Waals surface area (Å²) in [5, 5.41) is 9.83. The highest BCUT2D eigenvalue weighted by atomic mass is 19.4. The summed E-state index contributed by atoms with van der Waals surface area (Å²) in [7, 11) is 0. The minimum atomic E-state index is -4.31. The van der Waals surface area contributed by atoms with Gasteiger partial charge in [-0.15, -0.1) is 0 Å². The van der Waals surface area contributed by atoms with E-state index in [1.807, 2.05) is 0 Å². The molecule has 0 aromatic heterocycles. The number of hydrogen-bond donors (Lipinski definition) is 1. The molecule has 0 aliphatic heterocycles. The van der Waals surface area contributed by atoms with Crippen LogP contribution < -0.4 is 0 Å². The maximum Gasteiger partial charge on any atom is 0.416 e. The van der Waals surface area contributed by atoms with Gasteiger partial charge in [-0.2, -0.15) is 26.3 Å². The number of alkyl halides is 6. The molecule has 2 nitrogen and oxygen atoms in total. The Hall–Kier alpha value is -2.35. The lowest BCUT2D eigenvalue weighted by Gasteiger charge is -2.28. The molecule has 4 rings (SSSR count). The second kappa shape index (κ2) is 10.9. The van der Waals surface area contributed by atoms with Gasteiger partial charge in [0.25, 0.3) is 0 Å². The summed E-state index contributed by atoms with van der Waals surface area (Å²) in [5.74, 6) is -0.0620. The molecule has 0 radical (unpaired) electrons. The average molecular weight is 486 g/mol. The zero-order valence-corrected chi connectivity index (χ0v) is 18.6. The van der Waals surface area contributed by atoms with Crippen LogP contribution in [0, 0.1) is 0 Å². The monoisotopic (exact) mass is 486 g/mol. The number of benzene rings is 2. The summed E-state index contributed by atoms with van der Waals surface area (Å²) >= 11 is 0. The largest absolute Gasteiger partial charge is 0.416 e. The van der Waals surface area contributed by atoms with Gasteiger partial charge in [0.2, 0.25) is 0 Å². The van der Waals surface area contributed by atoms with Crippen LogP contribution in [0.3, 0.4) is 0 Å². The fourth-order valence-corrected chi connectivity index (χ4v) is 4.66. The van der Waals surface area contributed by atoms with Crippen LogP contribution in [0.2, 0.25) is 0 Å². The number of carbonyl (C=O) groups excluding carboxylic acids is 1. The van der Waals surface area contributed by atoms with Crippen LogP contribution in [0.5, 0.6) is 0 Å². The maximum atomic E-state index is 12.4. The Balaban J connectivity index is 0.000000191. The van der Waals surface area contributed by atoms with Gasteiger partial charge >= 0.3 is 12.4 Å². The average Bonchev–Trinajstić information content (AvgIpc) is 2.79. The molecule has 2 aliphatic rings. The van der Waals surface area contributed by atoms with E-state index >= 15 is 0 Å². The topological polar surface area (TPSA) is 37.3 Å². The molecular weight excluding hydrogens is 458 g/mol. The molecule has 2 aromatic carbocycles. The van der Waals surface area contributed by atoms with Crippen LogP contribution in [-0.2, 0) is 17.1 Å². The number of halogens is 6.